The Balaban J connectivity index is 1.43. The van der Waals surface area contributed by atoms with Crippen molar-refractivity contribution in [1.29, 1.82) is 0 Å². The molecule has 2 amide bonds. The van der Waals surface area contributed by atoms with Crippen LogP contribution in [-0.2, 0) is 11.2 Å². The van der Waals surface area contributed by atoms with Gasteiger partial charge in [0.15, 0.2) is 0 Å². The van der Waals surface area contributed by atoms with Crippen LogP contribution in [0.3, 0.4) is 0 Å². The Labute approximate surface area is 216 Å². The van der Waals surface area contributed by atoms with E-state index in [9.17, 15) is 9.59 Å². The van der Waals surface area contributed by atoms with E-state index in [-0.39, 0.29) is 24.0 Å². The highest BCUT2D eigenvalue weighted by Gasteiger charge is 2.24. The molecular formula is C32H28N2O3. The smallest absolute Gasteiger partial charge is 0.293 e. The zero-order valence-corrected chi connectivity index (χ0v) is 20.6. The fraction of sp³-hybridized carbons (Fsp3) is 0.125. The van der Waals surface area contributed by atoms with Gasteiger partial charge in [-0.3, -0.25) is 9.59 Å². The van der Waals surface area contributed by atoms with Crippen molar-refractivity contribution in [2.75, 3.05) is 10.6 Å². The van der Waals surface area contributed by atoms with Gasteiger partial charge in [-0.2, -0.15) is 0 Å². The standard InChI is InChI=1S/C32H28N2O3/c1-2-22-17-19-25(20-18-22)33-32(36)31-30(26-15-9-10-16-28(26)37-31)34-29(35)21-27(23-11-5-3-6-12-23)24-13-7-4-8-14-24/h3-20,27H,2,21H2,1H3,(H,33,36)(H,34,35). The first-order valence-corrected chi connectivity index (χ1v) is 12.4. The van der Waals surface area contributed by atoms with Gasteiger partial charge in [0.05, 0.1) is 0 Å². The molecule has 1 aromatic heterocycles. The van der Waals surface area contributed by atoms with Crippen molar-refractivity contribution in [3.63, 3.8) is 0 Å². The lowest BCUT2D eigenvalue weighted by Crippen LogP contribution is -2.19. The molecule has 4 aromatic carbocycles. The number of carbonyl (C=O) groups excluding carboxylic acids is 2. The molecule has 5 aromatic rings. The van der Waals surface area contributed by atoms with Gasteiger partial charge in [-0.25, -0.2) is 0 Å². The van der Waals surface area contributed by atoms with E-state index in [0.29, 0.717) is 22.3 Å². The molecule has 37 heavy (non-hydrogen) atoms. The number of aryl methyl sites for hydroxylation is 1. The average molecular weight is 489 g/mol. The van der Waals surface area contributed by atoms with Gasteiger partial charge in [-0.05, 0) is 47.4 Å². The fourth-order valence-electron chi connectivity index (χ4n) is 4.52. The lowest BCUT2D eigenvalue weighted by Gasteiger charge is -2.18. The van der Waals surface area contributed by atoms with E-state index in [1.165, 1.54) is 5.56 Å². The Morgan fingerprint density at radius 3 is 1.95 bits per heavy atom. The maximum absolute atomic E-state index is 13.4. The first-order chi connectivity index (χ1) is 18.1. The van der Waals surface area contributed by atoms with E-state index >= 15 is 0 Å². The molecular weight excluding hydrogens is 460 g/mol. The van der Waals surface area contributed by atoms with Crippen LogP contribution < -0.4 is 10.6 Å². The maximum Gasteiger partial charge on any atom is 0.293 e. The molecule has 0 radical (unpaired) electrons. The van der Waals surface area contributed by atoms with Crippen molar-refractivity contribution in [2.45, 2.75) is 25.7 Å². The molecule has 0 atom stereocenters. The van der Waals surface area contributed by atoms with Crippen LogP contribution in [0, 0.1) is 0 Å². The molecule has 1 heterocycles. The van der Waals surface area contributed by atoms with Crippen LogP contribution in [0.5, 0.6) is 0 Å². The Morgan fingerprint density at radius 1 is 0.730 bits per heavy atom. The van der Waals surface area contributed by atoms with E-state index in [1.807, 2.05) is 103 Å². The molecule has 5 heteroatoms. The van der Waals surface area contributed by atoms with Gasteiger partial charge in [-0.1, -0.05) is 91.9 Å². The van der Waals surface area contributed by atoms with Crippen LogP contribution in [0.2, 0.25) is 0 Å². The summed E-state index contributed by atoms with van der Waals surface area (Å²) in [7, 11) is 0. The number of nitrogens with one attached hydrogen (secondary N) is 2. The summed E-state index contributed by atoms with van der Waals surface area (Å²) in [4.78, 5) is 26.7. The van der Waals surface area contributed by atoms with Crippen LogP contribution in [-0.4, -0.2) is 11.8 Å². The summed E-state index contributed by atoms with van der Waals surface area (Å²) in [5.74, 6) is -0.677. The summed E-state index contributed by atoms with van der Waals surface area (Å²) in [6.45, 7) is 2.08. The van der Waals surface area contributed by atoms with Gasteiger partial charge < -0.3 is 15.1 Å². The van der Waals surface area contributed by atoms with Crippen LogP contribution >= 0.6 is 0 Å². The number of rotatable bonds is 8. The van der Waals surface area contributed by atoms with Gasteiger partial charge >= 0.3 is 0 Å². The number of amides is 2. The predicted molar refractivity (Wildman–Crippen MR) is 148 cm³/mol. The number of anilines is 2. The predicted octanol–water partition coefficient (Wildman–Crippen LogP) is 7.41. The van der Waals surface area contributed by atoms with Crippen LogP contribution in [0.15, 0.2) is 114 Å². The first kappa shape index (κ1) is 24.1. The lowest BCUT2D eigenvalue weighted by molar-refractivity contribution is -0.116. The second-order valence-corrected chi connectivity index (χ2v) is 8.93. The molecule has 0 fully saturated rings. The molecule has 0 bridgehead atoms. The van der Waals surface area contributed by atoms with Crippen molar-refractivity contribution in [3.05, 3.63) is 132 Å². The van der Waals surface area contributed by atoms with E-state index in [4.69, 9.17) is 4.42 Å². The van der Waals surface area contributed by atoms with Crippen molar-refractivity contribution in [1.82, 2.24) is 0 Å². The molecule has 184 valence electrons. The molecule has 0 saturated heterocycles. The van der Waals surface area contributed by atoms with Crippen LogP contribution in [0.4, 0.5) is 11.4 Å². The Morgan fingerprint density at radius 2 is 1.32 bits per heavy atom. The number of fused-ring (bicyclic) bond motifs is 1. The van der Waals surface area contributed by atoms with Gasteiger partial charge in [0.1, 0.15) is 11.3 Å². The van der Waals surface area contributed by atoms with Crippen LogP contribution in [0.1, 0.15) is 46.5 Å². The Kier molecular flexibility index (Phi) is 7.13. The van der Waals surface area contributed by atoms with Crippen molar-refractivity contribution < 1.29 is 14.0 Å². The highest BCUT2D eigenvalue weighted by Crippen LogP contribution is 2.33. The minimum absolute atomic E-state index is 0.0742. The third-order valence-corrected chi connectivity index (χ3v) is 6.48. The summed E-state index contributed by atoms with van der Waals surface area (Å²) in [5.41, 5.74) is 4.85. The summed E-state index contributed by atoms with van der Waals surface area (Å²) in [6, 6.07) is 34.9. The highest BCUT2D eigenvalue weighted by atomic mass is 16.3. The van der Waals surface area contributed by atoms with E-state index in [2.05, 4.69) is 17.6 Å². The zero-order valence-electron chi connectivity index (χ0n) is 20.6. The largest absolute Gasteiger partial charge is 0.449 e. The fourth-order valence-corrected chi connectivity index (χ4v) is 4.52. The van der Waals surface area contributed by atoms with Crippen molar-refractivity contribution >= 4 is 34.2 Å². The number of para-hydroxylation sites is 1. The van der Waals surface area contributed by atoms with Gasteiger partial charge in [0.25, 0.3) is 5.91 Å². The quantitative estimate of drug-likeness (QED) is 0.239. The Hall–Kier alpha value is -4.64. The molecule has 0 saturated carbocycles. The first-order valence-electron chi connectivity index (χ1n) is 12.4. The number of benzene rings is 4. The number of hydrogen-bond donors (Lipinski definition) is 2. The molecule has 2 N–H and O–H groups in total. The summed E-state index contributed by atoms with van der Waals surface area (Å²) in [5, 5.41) is 6.57. The SMILES string of the molecule is CCc1ccc(NC(=O)c2oc3ccccc3c2NC(=O)CC(c2ccccc2)c2ccccc2)cc1. The summed E-state index contributed by atoms with van der Waals surface area (Å²) >= 11 is 0. The number of hydrogen-bond acceptors (Lipinski definition) is 3. The second kappa shape index (κ2) is 11.0. The molecule has 5 nitrogen and oxygen atoms in total. The second-order valence-electron chi connectivity index (χ2n) is 8.93. The van der Waals surface area contributed by atoms with E-state index < -0.39 is 5.91 Å². The average Bonchev–Trinajstić information content (AvgIpc) is 3.31. The molecule has 0 aliphatic rings. The molecule has 0 unspecified atom stereocenters. The summed E-state index contributed by atoms with van der Waals surface area (Å²) < 4.78 is 5.93. The molecule has 0 spiro atoms. The minimum Gasteiger partial charge on any atom is -0.449 e. The number of furan rings is 1. The van der Waals surface area contributed by atoms with Crippen molar-refractivity contribution in [3.8, 4) is 0 Å². The minimum atomic E-state index is -0.418. The van der Waals surface area contributed by atoms with Crippen molar-refractivity contribution in [2.24, 2.45) is 0 Å². The topological polar surface area (TPSA) is 71.3 Å². The number of carbonyl (C=O) groups is 2. The van der Waals surface area contributed by atoms with Gasteiger partial charge in [0, 0.05) is 23.4 Å². The van der Waals surface area contributed by atoms with Gasteiger partial charge in [-0.15, -0.1) is 0 Å². The normalized spacial score (nSPS) is 11.0. The summed E-state index contributed by atoms with van der Waals surface area (Å²) in [6.07, 6.45) is 1.13. The maximum atomic E-state index is 13.4. The lowest BCUT2D eigenvalue weighted by atomic mass is 9.88. The molecule has 0 aliphatic heterocycles. The monoisotopic (exact) mass is 488 g/mol. The third-order valence-electron chi connectivity index (χ3n) is 6.48. The zero-order chi connectivity index (χ0) is 25.6. The van der Waals surface area contributed by atoms with Gasteiger partial charge in [0.2, 0.25) is 11.7 Å². The molecule has 0 aliphatic carbocycles. The highest BCUT2D eigenvalue weighted by molar-refractivity contribution is 6.14. The van der Waals surface area contributed by atoms with E-state index in [0.717, 1.165) is 17.5 Å². The van der Waals surface area contributed by atoms with E-state index in [1.54, 1.807) is 6.07 Å². The Bertz CT molecular complexity index is 1470. The molecule has 5 rings (SSSR count). The third kappa shape index (κ3) is 5.46. The van der Waals surface area contributed by atoms with Crippen LogP contribution in [0.25, 0.3) is 11.0 Å².